The minimum Gasteiger partial charge on any atom is -0.369 e. The number of nitrogens with zero attached hydrogens (tertiary/aromatic N) is 4. The number of amides is 1. The summed E-state index contributed by atoms with van der Waals surface area (Å²) in [5.41, 5.74) is 1.08. The number of rotatable bonds is 8. The number of aryl methyl sites for hydroxylation is 1. The Labute approximate surface area is 234 Å². The summed E-state index contributed by atoms with van der Waals surface area (Å²) < 4.78 is 22.5. The van der Waals surface area contributed by atoms with E-state index in [1.54, 1.807) is 30.4 Å². The average Bonchev–Trinajstić information content (AvgIpc) is 3.36. The van der Waals surface area contributed by atoms with Gasteiger partial charge in [-0.1, -0.05) is 12.8 Å². The van der Waals surface area contributed by atoms with Crippen LogP contribution in [0.4, 0.5) is 4.39 Å². The van der Waals surface area contributed by atoms with Crippen molar-refractivity contribution in [3.8, 4) is 0 Å². The second-order valence-electron chi connectivity index (χ2n) is 11.8. The molecule has 3 aliphatic heterocycles. The number of morpholine rings is 1. The van der Waals surface area contributed by atoms with Crippen LogP contribution < -0.4 is 5.32 Å². The first-order valence-electron chi connectivity index (χ1n) is 14.7. The molecular formula is C29H40FN5O3S. The van der Waals surface area contributed by atoms with E-state index in [-0.39, 0.29) is 53.2 Å². The van der Waals surface area contributed by atoms with E-state index in [9.17, 15) is 9.59 Å². The Morgan fingerprint density at radius 1 is 1.23 bits per heavy atom. The first-order valence-corrected chi connectivity index (χ1v) is 15.7. The van der Waals surface area contributed by atoms with E-state index in [0.29, 0.717) is 24.8 Å². The van der Waals surface area contributed by atoms with Crippen molar-refractivity contribution in [1.82, 2.24) is 25.1 Å². The zero-order valence-corrected chi connectivity index (χ0v) is 23.5. The Kier molecular flexibility index (Phi) is 8.23. The van der Waals surface area contributed by atoms with Gasteiger partial charge in [-0.15, -0.1) is 0 Å². The van der Waals surface area contributed by atoms with Crippen LogP contribution in [0.2, 0.25) is 0 Å². The molecule has 0 spiro atoms. The van der Waals surface area contributed by atoms with E-state index in [0.717, 1.165) is 50.8 Å². The second kappa shape index (κ2) is 11.8. The molecule has 10 heteroatoms. The van der Waals surface area contributed by atoms with Gasteiger partial charge in [0, 0.05) is 49.7 Å². The van der Waals surface area contributed by atoms with Crippen molar-refractivity contribution in [2.24, 2.45) is 5.92 Å². The molecule has 1 amide bonds. The molecule has 0 bridgehead atoms. The Bertz CT molecular complexity index is 1080. The standard InChI is InChI=1S/C29H40FN5O3S/c1-34-13-4-5-19(34)8-10-33-29(37)21-17-35-23-6-2-3-7-24(23)38-27-25(35)20(26(21)36)15-22(30)28(27)39-14-9-18-16-31-11-12-32-18/h11-12,16-17,19-20,22-25,27-28H,2-10,13-15H2,1H3,(H,33,37). The molecule has 8 atom stereocenters. The zero-order valence-electron chi connectivity index (χ0n) is 22.7. The van der Waals surface area contributed by atoms with Crippen LogP contribution in [0.3, 0.4) is 0 Å². The summed E-state index contributed by atoms with van der Waals surface area (Å²) in [5, 5.41) is 2.66. The number of carbonyl (C=O) groups is 2. The van der Waals surface area contributed by atoms with Gasteiger partial charge in [0.25, 0.3) is 5.91 Å². The average molecular weight is 558 g/mol. The summed E-state index contributed by atoms with van der Waals surface area (Å²) in [6.07, 6.45) is 13.5. The van der Waals surface area contributed by atoms with Gasteiger partial charge in [0.15, 0.2) is 5.78 Å². The van der Waals surface area contributed by atoms with Gasteiger partial charge in [0.05, 0.1) is 40.8 Å². The van der Waals surface area contributed by atoms with Crippen molar-refractivity contribution in [3.63, 3.8) is 0 Å². The molecule has 2 saturated carbocycles. The quantitative estimate of drug-likeness (QED) is 0.489. The summed E-state index contributed by atoms with van der Waals surface area (Å²) in [4.78, 5) is 40.1. The smallest absolute Gasteiger partial charge is 0.256 e. The molecule has 8 nitrogen and oxygen atoms in total. The highest BCUT2D eigenvalue weighted by Crippen LogP contribution is 2.48. The molecule has 2 saturated heterocycles. The summed E-state index contributed by atoms with van der Waals surface area (Å²) in [5.74, 6) is -0.384. The molecule has 39 heavy (non-hydrogen) atoms. The zero-order chi connectivity index (χ0) is 26.9. The van der Waals surface area contributed by atoms with Crippen molar-refractivity contribution in [2.75, 3.05) is 25.9 Å². The van der Waals surface area contributed by atoms with Gasteiger partial charge in [0.2, 0.25) is 0 Å². The predicted molar refractivity (Wildman–Crippen MR) is 148 cm³/mol. The fraction of sp³-hybridized carbons (Fsp3) is 0.724. The second-order valence-corrected chi connectivity index (χ2v) is 13.1. The van der Waals surface area contributed by atoms with Crippen LogP contribution in [-0.2, 0) is 20.7 Å². The number of hydrogen-bond donors (Lipinski definition) is 1. The lowest BCUT2D eigenvalue weighted by Crippen LogP contribution is -2.70. The molecule has 2 aliphatic carbocycles. The van der Waals surface area contributed by atoms with Gasteiger partial charge in [-0.2, -0.15) is 11.8 Å². The van der Waals surface area contributed by atoms with E-state index in [1.807, 2.05) is 6.20 Å². The molecule has 1 N–H and O–H groups in total. The monoisotopic (exact) mass is 557 g/mol. The number of Topliss-reactive ketones (excluding diaryl/α,β-unsaturated/α-hetero) is 1. The minimum atomic E-state index is -1.17. The van der Waals surface area contributed by atoms with Gasteiger partial charge >= 0.3 is 0 Å². The first kappa shape index (κ1) is 27.1. The van der Waals surface area contributed by atoms with Gasteiger partial charge in [-0.05, 0) is 57.9 Å². The maximum Gasteiger partial charge on any atom is 0.256 e. The maximum absolute atomic E-state index is 15.8. The van der Waals surface area contributed by atoms with Crippen LogP contribution >= 0.6 is 11.8 Å². The van der Waals surface area contributed by atoms with E-state index < -0.39 is 12.1 Å². The van der Waals surface area contributed by atoms with Crippen LogP contribution in [-0.4, -0.2) is 99.1 Å². The number of hydrogen-bond acceptors (Lipinski definition) is 8. The largest absolute Gasteiger partial charge is 0.369 e. The Hall–Kier alpha value is -2.04. The Morgan fingerprint density at radius 2 is 2.10 bits per heavy atom. The number of aromatic nitrogens is 2. The molecule has 0 radical (unpaired) electrons. The van der Waals surface area contributed by atoms with Gasteiger partial charge in [-0.3, -0.25) is 19.6 Å². The number of carbonyl (C=O) groups excluding carboxylic acids is 2. The highest BCUT2D eigenvalue weighted by molar-refractivity contribution is 8.00. The van der Waals surface area contributed by atoms with Crippen molar-refractivity contribution >= 4 is 23.5 Å². The lowest BCUT2D eigenvalue weighted by molar-refractivity contribution is -0.185. The highest BCUT2D eigenvalue weighted by Gasteiger charge is 2.58. The van der Waals surface area contributed by atoms with Gasteiger partial charge in [-0.25, -0.2) is 4.39 Å². The molecule has 4 fully saturated rings. The maximum atomic E-state index is 15.8. The van der Waals surface area contributed by atoms with Crippen molar-refractivity contribution in [3.05, 3.63) is 36.1 Å². The third-order valence-corrected chi connectivity index (χ3v) is 10.9. The number of fused-ring (bicyclic) bond motifs is 2. The molecule has 212 valence electrons. The molecule has 0 aromatic carbocycles. The topological polar surface area (TPSA) is 87.7 Å². The van der Waals surface area contributed by atoms with Crippen molar-refractivity contribution < 1.29 is 18.7 Å². The van der Waals surface area contributed by atoms with Crippen LogP contribution in [0.5, 0.6) is 0 Å². The number of nitrogens with one attached hydrogen (secondary N) is 1. The number of halogens is 1. The molecule has 1 aromatic rings. The number of ketones is 1. The third-order valence-electron chi connectivity index (χ3n) is 9.48. The van der Waals surface area contributed by atoms with E-state index in [2.05, 4.69) is 32.1 Å². The summed E-state index contributed by atoms with van der Waals surface area (Å²) in [7, 11) is 2.13. The highest BCUT2D eigenvalue weighted by atomic mass is 32.2. The normalized spacial score (nSPS) is 36.2. The molecule has 8 unspecified atom stereocenters. The minimum absolute atomic E-state index is 0.000655. The molecule has 6 rings (SSSR count). The SMILES string of the molecule is CN1CCCC1CCNC(=O)C1=CN2C3CCCCC3OC3C(SCCc4cnccn4)C(F)CC(C1=O)C32. The summed E-state index contributed by atoms with van der Waals surface area (Å²) in [6, 6.07) is 0.385. The van der Waals surface area contributed by atoms with Gasteiger partial charge in [0.1, 0.15) is 6.17 Å². The number of alkyl halides is 1. The third kappa shape index (κ3) is 5.48. The lowest BCUT2D eigenvalue weighted by Gasteiger charge is -2.59. The Balaban J connectivity index is 1.19. The van der Waals surface area contributed by atoms with E-state index in [1.165, 1.54) is 6.42 Å². The lowest BCUT2D eigenvalue weighted by atomic mass is 9.71. The fourth-order valence-corrected chi connectivity index (χ4v) is 8.79. The summed E-state index contributed by atoms with van der Waals surface area (Å²) >= 11 is 1.59. The van der Waals surface area contributed by atoms with Crippen molar-refractivity contribution in [1.29, 1.82) is 0 Å². The van der Waals surface area contributed by atoms with Crippen LogP contribution in [0.25, 0.3) is 0 Å². The van der Waals surface area contributed by atoms with Crippen LogP contribution in [0.15, 0.2) is 30.4 Å². The van der Waals surface area contributed by atoms with Gasteiger partial charge < -0.3 is 19.9 Å². The van der Waals surface area contributed by atoms with Crippen LogP contribution in [0.1, 0.15) is 57.1 Å². The number of thioether (sulfide) groups is 1. The van der Waals surface area contributed by atoms with Crippen molar-refractivity contribution in [2.45, 2.75) is 99.5 Å². The van der Waals surface area contributed by atoms with E-state index in [4.69, 9.17) is 4.74 Å². The number of likely N-dealkylation sites (tertiary alicyclic amines) is 1. The molecule has 5 aliphatic rings. The Morgan fingerprint density at radius 3 is 2.90 bits per heavy atom. The van der Waals surface area contributed by atoms with E-state index >= 15 is 4.39 Å². The first-order chi connectivity index (χ1) is 19.0. The molecular weight excluding hydrogens is 517 g/mol. The summed E-state index contributed by atoms with van der Waals surface area (Å²) in [6.45, 7) is 1.64. The predicted octanol–water partition coefficient (Wildman–Crippen LogP) is 2.93. The number of ether oxygens (including phenoxy) is 1. The fourth-order valence-electron chi connectivity index (χ4n) is 7.46. The molecule has 1 aromatic heterocycles. The molecule has 4 heterocycles. The van der Waals surface area contributed by atoms with Crippen LogP contribution in [0, 0.1) is 5.92 Å².